The second-order valence-electron chi connectivity index (χ2n) is 10.1. The van der Waals surface area contributed by atoms with Crippen molar-refractivity contribution in [2.24, 2.45) is 0 Å². The van der Waals surface area contributed by atoms with Gasteiger partial charge in [-0.2, -0.15) is 0 Å². The van der Waals surface area contributed by atoms with Crippen LogP contribution in [0.5, 0.6) is 23.0 Å². The van der Waals surface area contributed by atoms with E-state index in [0.29, 0.717) is 41.5 Å². The Morgan fingerprint density at radius 1 is 0.778 bits per heavy atom. The van der Waals surface area contributed by atoms with Gasteiger partial charge in [-0.25, -0.2) is 0 Å². The molecular formula is C36H34N4O5. The molecule has 0 spiro atoms. The van der Waals surface area contributed by atoms with E-state index in [1.54, 1.807) is 43.5 Å². The summed E-state index contributed by atoms with van der Waals surface area (Å²) in [4.78, 5) is 13.5. The van der Waals surface area contributed by atoms with E-state index in [4.69, 9.17) is 24.8 Å². The number of carbonyl (C=O) groups excluding carboxylic acids is 1. The summed E-state index contributed by atoms with van der Waals surface area (Å²) in [7, 11) is 1.56. The number of methoxy groups -OCH3 is 1. The van der Waals surface area contributed by atoms with E-state index in [0.717, 1.165) is 22.6 Å². The second kappa shape index (κ2) is 15.1. The third kappa shape index (κ3) is 8.40. The van der Waals surface area contributed by atoms with Gasteiger partial charge in [0.1, 0.15) is 30.0 Å². The van der Waals surface area contributed by atoms with E-state index >= 15 is 0 Å². The SMILES string of the molecule is COc1cc([C@@H](Nc2ccc(C(=N)NO)cc2)C(=O)NCc2ccccc2)ccc1OCc1ccc(Oc2ccccc2)cc1. The molecule has 0 radical (unpaired) electrons. The number of hydrogen-bond donors (Lipinski definition) is 5. The molecule has 0 bridgehead atoms. The van der Waals surface area contributed by atoms with Gasteiger partial charge in [0.15, 0.2) is 11.5 Å². The predicted octanol–water partition coefficient (Wildman–Crippen LogP) is 6.84. The smallest absolute Gasteiger partial charge is 0.247 e. The van der Waals surface area contributed by atoms with Crippen LogP contribution < -0.4 is 30.3 Å². The van der Waals surface area contributed by atoms with E-state index in [1.807, 2.05) is 96.5 Å². The second-order valence-corrected chi connectivity index (χ2v) is 10.1. The van der Waals surface area contributed by atoms with Gasteiger partial charge >= 0.3 is 0 Å². The third-order valence-corrected chi connectivity index (χ3v) is 6.99. The number of hydrogen-bond acceptors (Lipinski definition) is 7. The molecule has 0 aliphatic carbocycles. The number of nitrogens with one attached hydrogen (secondary N) is 4. The number of hydroxylamine groups is 1. The summed E-state index contributed by atoms with van der Waals surface area (Å²) < 4.78 is 17.6. The number of ether oxygens (including phenoxy) is 3. The maximum atomic E-state index is 13.5. The summed E-state index contributed by atoms with van der Waals surface area (Å²) in [5, 5.41) is 23.1. The van der Waals surface area contributed by atoms with Crippen LogP contribution in [0.1, 0.15) is 28.3 Å². The molecule has 0 saturated carbocycles. The molecule has 9 nitrogen and oxygen atoms in total. The van der Waals surface area contributed by atoms with Crippen molar-refractivity contribution in [1.82, 2.24) is 10.8 Å². The van der Waals surface area contributed by atoms with Crippen molar-refractivity contribution in [2.45, 2.75) is 19.2 Å². The number of anilines is 1. The van der Waals surface area contributed by atoms with E-state index < -0.39 is 6.04 Å². The number of rotatable bonds is 13. The molecule has 9 heteroatoms. The number of amides is 1. The quantitative estimate of drug-likeness (QED) is 0.0568. The summed E-state index contributed by atoms with van der Waals surface area (Å²) in [5.74, 6) is 2.15. The van der Waals surface area contributed by atoms with E-state index in [9.17, 15) is 4.79 Å². The summed E-state index contributed by atoms with van der Waals surface area (Å²) in [5.41, 5.74) is 5.58. The molecule has 0 unspecified atom stereocenters. The molecule has 5 N–H and O–H groups in total. The number of carbonyl (C=O) groups is 1. The van der Waals surface area contributed by atoms with Crippen LogP contribution in [0.3, 0.4) is 0 Å². The fraction of sp³-hybridized carbons (Fsp3) is 0.111. The maximum absolute atomic E-state index is 13.5. The molecule has 228 valence electrons. The fourth-order valence-electron chi connectivity index (χ4n) is 4.57. The average molecular weight is 603 g/mol. The first-order valence-electron chi connectivity index (χ1n) is 14.3. The van der Waals surface area contributed by atoms with Crippen molar-refractivity contribution in [3.8, 4) is 23.0 Å². The molecule has 45 heavy (non-hydrogen) atoms. The lowest BCUT2D eigenvalue weighted by Gasteiger charge is -2.22. The van der Waals surface area contributed by atoms with Crippen molar-refractivity contribution < 1.29 is 24.2 Å². The molecule has 5 aromatic rings. The van der Waals surface area contributed by atoms with Crippen molar-refractivity contribution in [2.75, 3.05) is 12.4 Å². The van der Waals surface area contributed by atoms with E-state index in [1.165, 1.54) is 0 Å². The van der Waals surface area contributed by atoms with Gasteiger partial charge in [0, 0.05) is 17.8 Å². The Morgan fingerprint density at radius 2 is 1.44 bits per heavy atom. The summed E-state index contributed by atoms with van der Waals surface area (Å²) in [6, 6.07) is 38.4. The summed E-state index contributed by atoms with van der Waals surface area (Å²) in [6.07, 6.45) is 0. The van der Waals surface area contributed by atoms with Crippen LogP contribution in [0, 0.1) is 5.41 Å². The number of amidine groups is 1. The highest BCUT2D eigenvalue weighted by atomic mass is 16.5. The average Bonchev–Trinajstić information content (AvgIpc) is 3.10. The Balaban J connectivity index is 1.30. The topological polar surface area (TPSA) is 125 Å². The van der Waals surface area contributed by atoms with Crippen molar-refractivity contribution in [1.29, 1.82) is 5.41 Å². The summed E-state index contributed by atoms with van der Waals surface area (Å²) >= 11 is 0. The van der Waals surface area contributed by atoms with Crippen LogP contribution in [0.15, 0.2) is 127 Å². The first-order chi connectivity index (χ1) is 22.0. The molecule has 5 aromatic carbocycles. The van der Waals surface area contributed by atoms with Crippen LogP contribution in [0.2, 0.25) is 0 Å². The lowest BCUT2D eigenvalue weighted by Crippen LogP contribution is -2.33. The van der Waals surface area contributed by atoms with Gasteiger partial charge in [-0.15, -0.1) is 0 Å². The number of para-hydroxylation sites is 1. The zero-order chi connectivity index (χ0) is 31.4. The monoisotopic (exact) mass is 602 g/mol. The van der Waals surface area contributed by atoms with Gasteiger partial charge in [0.05, 0.1) is 7.11 Å². The van der Waals surface area contributed by atoms with E-state index in [-0.39, 0.29) is 11.7 Å². The van der Waals surface area contributed by atoms with Crippen LogP contribution in [0.25, 0.3) is 0 Å². The van der Waals surface area contributed by atoms with Gasteiger partial charge in [-0.3, -0.25) is 20.9 Å². The van der Waals surface area contributed by atoms with Gasteiger partial charge < -0.3 is 24.8 Å². The predicted molar refractivity (Wildman–Crippen MR) is 173 cm³/mol. The molecule has 1 atom stereocenters. The Labute approximate surface area is 261 Å². The lowest BCUT2D eigenvalue weighted by atomic mass is 10.0. The normalized spacial score (nSPS) is 11.2. The van der Waals surface area contributed by atoms with Gasteiger partial charge in [0.2, 0.25) is 5.91 Å². The van der Waals surface area contributed by atoms with Crippen molar-refractivity contribution >= 4 is 17.4 Å². The van der Waals surface area contributed by atoms with Gasteiger partial charge in [-0.1, -0.05) is 66.7 Å². The molecule has 1 amide bonds. The van der Waals surface area contributed by atoms with Gasteiger partial charge in [-0.05, 0) is 77.4 Å². The first kappa shape index (κ1) is 30.7. The highest BCUT2D eigenvalue weighted by Crippen LogP contribution is 2.33. The number of benzene rings is 5. The highest BCUT2D eigenvalue weighted by molar-refractivity contribution is 5.95. The fourth-order valence-corrected chi connectivity index (χ4v) is 4.57. The van der Waals surface area contributed by atoms with Gasteiger partial charge in [0.25, 0.3) is 0 Å². The van der Waals surface area contributed by atoms with Crippen LogP contribution in [0.4, 0.5) is 5.69 Å². The molecule has 0 aromatic heterocycles. The van der Waals surface area contributed by atoms with Crippen molar-refractivity contribution in [3.63, 3.8) is 0 Å². The van der Waals surface area contributed by atoms with Crippen LogP contribution >= 0.6 is 0 Å². The lowest BCUT2D eigenvalue weighted by molar-refractivity contribution is -0.122. The minimum absolute atomic E-state index is 0.129. The Bertz CT molecular complexity index is 1700. The molecule has 0 aliphatic heterocycles. The zero-order valence-electron chi connectivity index (χ0n) is 24.7. The Morgan fingerprint density at radius 3 is 2.11 bits per heavy atom. The van der Waals surface area contributed by atoms with E-state index in [2.05, 4.69) is 10.6 Å². The molecule has 0 fully saturated rings. The maximum Gasteiger partial charge on any atom is 0.247 e. The van der Waals surface area contributed by atoms with Crippen molar-refractivity contribution in [3.05, 3.63) is 150 Å². The highest BCUT2D eigenvalue weighted by Gasteiger charge is 2.22. The largest absolute Gasteiger partial charge is 0.493 e. The Hall–Kier alpha value is -5.80. The standard InChI is InChI=1S/C36H34N4O5/c1-43-33-22-28(16-21-32(33)44-24-26-12-19-31(20-13-26)45-30-10-6-3-7-11-30)34(36(41)38-23-25-8-4-2-5-9-25)39-29-17-14-27(15-18-29)35(37)40-42/h2-22,34,39,42H,23-24H2,1H3,(H2,37,40)(H,38,41)/t34-/m1/s1. The third-order valence-electron chi connectivity index (χ3n) is 6.99. The molecule has 5 rings (SSSR count). The van der Waals surface area contributed by atoms with Crippen LogP contribution in [-0.4, -0.2) is 24.1 Å². The Kier molecular flexibility index (Phi) is 10.3. The first-order valence-corrected chi connectivity index (χ1v) is 14.3. The minimum atomic E-state index is -0.768. The molecule has 0 heterocycles. The molecule has 0 saturated heterocycles. The molecular weight excluding hydrogens is 568 g/mol. The minimum Gasteiger partial charge on any atom is -0.493 e. The summed E-state index contributed by atoms with van der Waals surface area (Å²) in [6.45, 7) is 0.675. The van der Waals surface area contributed by atoms with Crippen LogP contribution in [-0.2, 0) is 17.9 Å². The zero-order valence-corrected chi connectivity index (χ0v) is 24.7. The molecule has 0 aliphatic rings.